The van der Waals surface area contributed by atoms with Crippen molar-refractivity contribution in [1.29, 1.82) is 0 Å². The topological polar surface area (TPSA) is 31.4 Å². The van der Waals surface area contributed by atoms with Gasteiger partial charge in [0.25, 0.3) is 0 Å². The normalized spacial score (nSPS) is 12.6. The third kappa shape index (κ3) is 2.25. The van der Waals surface area contributed by atoms with Crippen molar-refractivity contribution in [2.45, 2.75) is 0 Å². The van der Waals surface area contributed by atoms with E-state index in [0.29, 0.717) is 0 Å². The Labute approximate surface area is 124 Å². The zero-order valence-corrected chi connectivity index (χ0v) is 11.7. The lowest BCUT2D eigenvalue weighted by molar-refractivity contribution is 0.174. The van der Waals surface area contributed by atoms with Gasteiger partial charge in [0, 0.05) is 16.5 Å². The molecule has 3 nitrogen and oxygen atoms in total. The molecule has 1 aliphatic rings. The number of hydrogen-bond donors (Lipinski definition) is 0. The maximum Gasteiger partial charge on any atom is 0.231 e. The second-order valence-corrected chi connectivity index (χ2v) is 5.47. The smallest absolute Gasteiger partial charge is 0.231 e. The molecule has 2 heterocycles. The first-order valence-electron chi connectivity index (χ1n) is 6.41. The predicted octanol–water partition coefficient (Wildman–Crippen LogP) is 4.34. The summed E-state index contributed by atoms with van der Waals surface area (Å²) in [5.41, 5.74) is 2.59. The van der Waals surface area contributed by atoms with Crippen LogP contribution in [0.15, 0.2) is 47.8 Å². The van der Waals surface area contributed by atoms with Crippen molar-refractivity contribution >= 4 is 11.3 Å². The number of fused-ring (bicyclic) bond motifs is 1. The Balaban J connectivity index is 1.71. The minimum Gasteiger partial charge on any atom is -0.454 e. The van der Waals surface area contributed by atoms with Gasteiger partial charge in [-0.3, -0.25) is 0 Å². The molecule has 1 aromatic heterocycles. The maximum atomic E-state index is 13.3. The molecule has 0 atom stereocenters. The van der Waals surface area contributed by atoms with E-state index in [1.54, 1.807) is 6.07 Å². The molecule has 104 valence electrons. The van der Waals surface area contributed by atoms with E-state index in [-0.39, 0.29) is 12.6 Å². The Bertz CT molecular complexity index is 816. The Morgan fingerprint density at radius 3 is 2.81 bits per heavy atom. The van der Waals surface area contributed by atoms with Gasteiger partial charge >= 0.3 is 0 Å². The van der Waals surface area contributed by atoms with E-state index >= 15 is 0 Å². The van der Waals surface area contributed by atoms with Crippen LogP contribution in [0.3, 0.4) is 0 Å². The highest BCUT2D eigenvalue weighted by Crippen LogP contribution is 2.37. The number of ether oxygens (including phenoxy) is 2. The zero-order valence-electron chi connectivity index (χ0n) is 10.9. The van der Waals surface area contributed by atoms with Crippen LogP contribution in [0.1, 0.15) is 0 Å². The van der Waals surface area contributed by atoms with E-state index in [4.69, 9.17) is 9.47 Å². The third-order valence-electron chi connectivity index (χ3n) is 3.24. The largest absolute Gasteiger partial charge is 0.454 e. The molecule has 0 fully saturated rings. The van der Waals surface area contributed by atoms with Gasteiger partial charge in [0.1, 0.15) is 10.8 Å². The molecule has 3 aromatic rings. The third-order valence-corrected chi connectivity index (χ3v) is 4.14. The van der Waals surface area contributed by atoms with Crippen LogP contribution in [0.2, 0.25) is 0 Å². The van der Waals surface area contributed by atoms with Gasteiger partial charge in [0.2, 0.25) is 6.79 Å². The number of benzene rings is 2. The molecule has 4 rings (SSSR count). The summed E-state index contributed by atoms with van der Waals surface area (Å²) in [5, 5.41) is 2.75. The highest BCUT2D eigenvalue weighted by molar-refractivity contribution is 7.13. The van der Waals surface area contributed by atoms with Crippen LogP contribution < -0.4 is 9.47 Å². The predicted molar refractivity (Wildman–Crippen MR) is 79.1 cm³/mol. The second kappa shape index (κ2) is 4.86. The number of hydrogen-bond acceptors (Lipinski definition) is 4. The molecule has 0 radical (unpaired) electrons. The molecule has 21 heavy (non-hydrogen) atoms. The minimum atomic E-state index is -0.257. The summed E-state index contributed by atoms with van der Waals surface area (Å²) in [4.78, 5) is 4.57. The van der Waals surface area contributed by atoms with Crippen LogP contribution in [0, 0.1) is 5.82 Å². The Hall–Kier alpha value is -2.40. The highest BCUT2D eigenvalue weighted by Gasteiger charge is 2.15. The maximum absolute atomic E-state index is 13.3. The summed E-state index contributed by atoms with van der Waals surface area (Å²) in [5.74, 6) is 1.22. The fourth-order valence-electron chi connectivity index (χ4n) is 2.22. The van der Waals surface area contributed by atoms with Crippen molar-refractivity contribution < 1.29 is 13.9 Å². The SMILES string of the molecule is Fc1cccc(-c2nc(-c3ccc4c(c3)OCO4)cs2)c1. The van der Waals surface area contributed by atoms with Crippen LogP contribution in [-0.4, -0.2) is 11.8 Å². The van der Waals surface area contributed by atoms with Crippen molar-refractivity contribution in [1.82, 2.24) is 4.98 Å². The van der Waals surface area contributed by atoms with E-state index in [2.05, 4.69) is 4.98 Å². The van der Waals surface area contributed by atoms with Crippen molar-refractivity contribution in [2.75, 3.05) is 6.79 Å². The average Bonchev–Trinajstić information content (AvgIpc) is 3.15. The number of halogens is 1. The lowest BCUT2D eigenvalue weighted by Crippen LogP contribution is -1.92. The molecule has 0 unspecified atom stereocenters. The lowest BCUT2D eigenvalue weighted by atomic mass is 10.1. The van der Waals surface area contributed by atoms with Crippen molar-refractivity contribution in [3.05, 3.63) is 53.7 Å². The first-order chi connectivity index (χ1) is 10.3. The first kappa shape index (κ1) is 12.3. The van der Waals surface area contributed by atoms with Gasteiger partial charge in [-0.15, -0.1) is 11.3 Å². The molecule has 2 aromatic carbocycles. The molecule has 0 amide bonds. The summed E-state index contributed by atoms with van der Waals surface area (Å²) in [6.45, 7) is 0.254. The molecule has 0 bridgehead atoms. The number of nitrogens with zero attached hydrogens (tertiary/aromatic N) is 1. The Morgan fingerprint density at radius 2 is 1.90 bits per heavy atom. The molecule has 0 saturated carbocycles. The average molecular weight is 299 g/mol. The summed E-state index contributed by atoms with van der Waals surface area (Å²) in [6.07, 6.45) is 0. The van der Waals surface area contributed by atoms with Crippen molar-refractivity contribution in [3.8, 4) is 33.3 Å². The minimum absolute atomic E-state index is 0.254. The van der Waals surface area contributed by atoms with Gasteiger partial charge in [-0.1, -0.05) is 12.1 Å². The zero-order chi connectivity index (χ0) is 14.2. The summed E-state index contributed by atoms with van der Waals surface area (Å²) >= 11 is 1.49. The van der Waals surface area contributed by atoms with Crippen LogP contribution in [-0.2, 0) is 0 Å². The monoisotopic (exact) mass is 299 g/mol. The van der Waals surface area contributed by atoms with Gasteiger partial charge < -0.3 is 9.47 Å². The van der Waals surface area contributed by atoms with Crippen molar-refractivity contribution in [2.24, 2.45) is 0 Å². The number of rotatable bonds is 2. The fraction of sp³-hybridized carbons (Fsp3) is 0.0625. The van der Waals surface area contributed by atoms with Crippen LogP contribution in [0.5, 0.6) is 11.5 Å². The molecule has 0 spiro atoms. The fourth-order valence-corrected chi connectivity index (χ4v) is 3.04. The van der Waals surface area contributed by atoms with E-state index in [1.165, 1.54) is 23.5 Å². The van der Waals surface area contributed by atoms with Gasteiger partial charge in [0.15, 0.2) is 11.5 Å². The van der Waals surface area contributed by atoms with Gasteiger partial charge in [-0.25, -0.2) is 9.37 Å². The van der Waals surface area contributed by atoms with Crippen LogP contribution >= 0.6 is 11.3 Å². The molecule has 0 aliphatic carbocycles. The molecule has 1 aliphatic heterocycles. The van der Waals surface area contributed by atoms with Gasteiger partial charge in [-0.05, 0) is 30.3 Å². The Morgan fingerprint density at radius 1 is 1.00 bits per heavy atom. The van der Waals surface area contributed by atoms with E-state index in [0.717, 1.165) is 33.3 Å². The number of thiazole rings is 1. The van der Waals surface area contributed by atoms with E-state index < -0.39 is 0 Å². The summed E-state index contributed by atoms with van der Waals surface area (Å²) in [7, 11) is 0. The molecule has 0 N–H and O–H groups in total. The second-order valence-electron chi connectivity index (χ2n) is 4.62. The first-order valence-corrected chi connectivity index (χ1v) is 7.29. The molecule has 0 saturated heterocycles. The van der Waals surface area contributed by atoms with Crippen LogP contribution in [0.25, 0.3) is 21.8 Å². The molecular weight excluding hydrogens is 289 g/mol. The molecule has 5 heteroatoms. The van der Waals surface area contributed by atoms with E-state index in [9.17, 15) is 4.39 Å². The van der Waals surface area contributed by atoms with E-state index in [1.807, 2.05) is 29.6 Å². The number of aromatic nitrogens is 1. The Kier molecular flexibility index (Phi) is 2.86. The summed E-state index contributed by atoms with van der Waals surface area (Å²) < 4.78 is 23.9. The van der Waals surface area contributed by atoms with Crippen molar-refractivity contribution in [3.63, 3.8) is 0 Å². The summed E-state index contributed by atoms with van der Waals surface area (Å²) in [6, 6.07) is 12.2. The van der Waals surface area contributed by atoms with Gasteiger partial charge in [-0.2, -0.15) is 0 Å². The van der Waals surface area contributed by atoms with Crippen LogP contribution in [0.4, 0.5) is 4.39 Å². The standard InChI is InChI=1S/C16H10FNO2S/c17-12-3-1-2-11(6-12)16-18-13(8-21-16)10-4-5-14-15(7-10)20-9-19-14/h1-8H,9H2. The molecular formula is C16H10FNO2S. The highest BCUT2D eigenvalue weighted by atomic mass is 32.1. The lowest BCUT2D eigenvalue weighted by Gasteiger charge is -2.00. The van der Waals surface area contributed by atoms with Gasteiger partial charge in [0.05, 0.1) is 5.69 Å². The quantitative estimate of drug-likeness (QED) is 0.705.